The molecule has 232 valence electrons. The Balaban J connectivity index is 1.35. The number of piperidine rings is 1. The minimum Gasteiger partial charge on any atom is -0.455 e. The molecule has 0 bridgehead atoms. The van der Waals surface area contributed by atoms with Crippen LogP contribution in [0.25, 0.3) is 0 Å². The number of alkyl halides is 3. The van der Waals surface area contributed by atoms with Crippen molar-refractivity contribution in [3.63, 3.8) is 0 Å². The number of halogens is 5. The van der Waals surface area contributed by atoms with Crippen LogP contribution in [-0.4, -0.2) is 27.1 Å². The van der Waals surface area contributed by atoms with Gasteiger partial charge in [-0.25, -0.2) is 13.6 Å². The Hall–Kier alpha value is -4.07. The van der Waals surface area contributed by atoms with Crippen LogP contribution in [0.3, 0.4) is 0 Å². The normalized spacial score (nSPS) is 17.2. The maximum atomic E-state index is 14.7. The highest BCUT2D eigenvalue weighted by Gasteiger charge is 2.47. The van der Waals surface area contributed by atoms with E-state index in [-0.39, 0.29) is 42.3 Å². The van der Waals surface area contributed by atoms with E-state index in [0.29, 0.717) is 31.5 Å². The molecule has 2 aromatic carbocycles. The molecule has 4 heterocycles. The Morgan fingerprint density at radius 1 is 0.886 bits per heavy atom. The number of ether oxygens (including phenoxy) is 1. The monoisotopic (exact) mass is 616 g/mol. The van der Waals surface area contributed by atoms with E-state index in [1.807, 2.05) is 11.0 Å². The molecule has 2 aromatic heterocycles. The molecule has 0 unspecified atom stereocenters. The van der Waals surface area contributed by atoms with E-state index in [4.69, 9.17) is 14.9 Å². The highest BCUT2D eigenvalue weighted by molar-refractivity contribution is 5.32. The lowest BCUT2D eigenvalue weighted by Crippen LogP contribution is -2.49. The molecule has 44 heavy (non-hydrogen) atoms. The van der Waals surface area contributed by atoms with Crippen molar-refractivity contribution in [2.24, 2.45) is 5.73 Å². The average molecular weight is 617 g/mol. The highest BCUT2D eigenvalue weighted by atomic mass is 19.4. The SMILES string of the molecule is N[C@@H](Cn1c(=O)c2c(n(Cc3c(F)cccc3F)c1=O)COC21CCN(Cc2ccc(C(F)(F)F)o2)CC1)c1ccccc1. The zero-order valence-electron chi connectivity index (χ0n) is 23.4. The molecule has 2 aliphatic rings. The van der Waals surface area contributed by atoms with Crippen LogP contribution in [0.5, 0.6) is 0 Å². The zero-order chi connectivity index (χ0) is 31.2. The smallest absolute Gasteiger partial charge is 0.449 e. The molecular formula is C31H29F5N4O4. The molecule has 6 rings (SSSR count). The van der Waals surface area contributed by atoms with Gasteiger partial charge in [0.2, 0.25) is 5.76 Å². The van der Waals surface area contributed by atoms with Gasteiger partial charge in [-0.15, -0.1) is 0 Å². The number of nitrogens with two attached hydrogens (primary N) is 1. The van der Waals surface area contributed by atoms with Gasteiger partial charge in [-0.05, 0) is 42.7 Å². The molecule has 1 atom stereocenters. The summed E-state index contributed by atoms with van der Waals surface area (Å²) in [4.78, 5) is 29.8. The van der Waals surface area contributed by atoms with Crippen LogP contribution in [0.15, 0.2) is 74.7 Å². The van der Waals surface area contributed by atoms with Crippen molar-refractivity contribution in [3.05, 3.63) is 127 Å². The summed E-state index contributed by atoms with van der Waals surface area (Å²) in [6, 6.07) is 13.8. The van der Waals surface area contributed by atoms with Crippen molar-refractivity contribution in [2.45, 2.75) is 56.9 Å². The van der Waals surface area contributed by atoms with Gasteiger partial charge in [-0.1, -0.05) is 36.4 Å². The molecule has 2 aliphatic heterocycles. The number of rotatable bonds is 7. The molecule has 13 heteroatoms. The molecule has 1 saturated heterocycles. The third-order valence-electron chi connectivity index (χ3n) is 8.45. The quantitative estimate of drug-likeness (QED) is 0.304. The lowest BCUT2D eigenvalue weighted by atomic mass is 9.85. The van der Waals surface area contributed by atoms with E-state index in [1.165, 1.54) is 16.7 Å². The Morgan fingerprint density at radius 2 is 1.57 bits per heavy atom. The van der Waals surface area contributed by atoms with Crippen molar-refractivity contribution >= 4 is 0 Å². The summed E-state index contributed by atoms with van der Waals surface area (Å²) in [6.07, 6.45) is -4.01. The van der Waals surface area contributed by atoms with Crippen LogP contribution in [0, 0.1) is 11.6 Å². The lowest BCUT2D eigenvalue weighted by Gasteiger charge is -2.38. The topological polar surface area (TPSA) is 95.6 Å². The first-order valence-corrected chi connectivity index (χ1v) is 14.1. The molecule has 0 amide bonds. The van der Waals surface area contributed by atoms with Crippen molar-refractivity contribution in [1.29, 1.82) is 0 Å². The number of hydrogen-bond donors (Lipinski definition) is 1. The molecule has 0 saturated carbocycles. The summed E-state index contributed by atoms with van der Waals surface area (Å²) >= 11 is 0. The van der Waals surface area contributed by atoms with Crippen LogP contribution in [0.2, 0.25) is 0 Å². The molecule has 0 aliphatic carbocycles. The number of benzene rings is 2. The van der Waals surface area contributed by atoms with Crippen LogP contribution in [0.4, 0.5) is 22.0 Å². The minimum absolute atomic E-state index is 0.126. The van der Waals surface area contributed by atoms with Gasteiger partial charge >= 0.3 is 11.9 Å². The number of hydrogen-bond acceptors (Lipinski definition) is 6. The summed E-state index contributed by atoms with van der Waals surface area (Å²) < 4.78 is 81.8. The van der Waals surface area contributed by atoms with Gasteiger partial charge in [-0.3, -0.25) is 18.8 Å². The van der Waals surface area contributed by atoms with Crippen molar-refractivity contribution in [3.8, 4) is 0 Å². The van der Waals surface area contributed by atoms with Gasteiger partial charge in [0.25, 0.3) is 5.56 Å². The number of nitrogens with zero attached hydrogens (tertiary/aromatic N) is 3. The highest BCUT2D eigenvalue weighted by Crippen LogP contribution is 2.43. The van der Waals surface area contributed by atoms with Crippen molar-refractivity contribution in [1.82, 2.24) is 14.0 Å². The first-order valence-electron chi connectivity index (χ1n) is 14.1. The predicted molar refractivity (Wildman–Crippen MR) is 148 cm³/mol. The standard InChI is InChI=1S/C31H29F5N4O4/c32-22-7-4-8-23(33)21(22)16-39-25-18-43-30(11-13-38(14-12-30)15-20-9-10-26(44-20)31(34,35)36)27(25)28(41)40(29(39)42)17-24(37)19-5-2-1-3-6-19/h1-10,24H,11-18,37H2/t24-/m0/s1. The van der Waals surface area contributed by atoms with E-state index < -0.39 is 53.0 Å². The van der Waals surface area contributed by atoms with Crippen molar-refractivity contribution < 1.29 is 31.1 Å². The average Bonchev–Trinajstić information content (AvgIpc) is 3.62. The van der Waals surface area contributed by atoms with Gasteiger partial charge in [0.1, 0.15) is 23.0 Å². The number of aromatic nitrogens is 2. The third kappa shape index (κ3) is 5.51. The Labute approximate surface area is 248 Å². The van der Waals surface area contributed by atoms with Crippen LogP contribution in [0.1, 0.15) is 52.8 Å². The van der Waals surface area contributed by atoms with Gasteiger partial charge in [0.15, 0.2) is 0 Å². The summed E-state index contributed by atoms with van der Waals surface area (Å²) in [6.45, 7) is 0.0515. The third-order valence-corrected chi connectivity index (χ3v) is 8.45. The fourth-order valence-electron chi connectivity index (χ4n) is 6.10. The molecule has 1 spiro atoms. The summed E-state index contributed by atoms with van der Waals surface area (Å²) in [5.74, 6) is -2.59. The minimum atomic E-state index is -4.59. The second kappa shape index (κ2) is 11.5. The van der Waals surface area contributed by atoms with Crippen LogP contribution in [-0.2, 0) is 42.8 Å². The van der Waals surface area contributed by atoms with E-state index in [2.05, 4.69) is 0 Å². The van der Waals surface area contributed by atoms with Crippen molar-refractivity contribution in [2.75, 3.05) is 13.1 Å². The maximum absolute atomic E-state index is 14.7. The first kappa shape index (κ1) is 30.0. The van der Waals surface area contributed by atoms with E-state index in [1.54, 1.807) is 24.3 Å². The van der Waals surface area contributed by atoms with Gasteiger partial charge in [0.05, 0.1) is 37.5 Å². The number of fused-ring (bicyclic) bond motifs is 2. The molecular weight excluding hydrogens is 587 g/mol. The summed E-state index contributed by atoms with van der Waals surface area (Å²) in [7, 11) is 0. The fraction of sp³-hybridized carbons (Fsp3) is 0.355. The second-order valence-corrected chi connectivity index (χ2v) is 11.1. The summed E-state index contributed by atoms with van der Waals surface area (Å²) in [5.41, 5.74) is 4.77. The molecule has 1 fully saturated rings. The van der Waals surface area contributed by atoms with E-state index in [9.17, 15) is 31.5 Å². The maximum Gasteiger partial charge on any atom is 0.449 e. The van der Waals surface area contributed by atoms with Gasteiger partial charge in [-0.2, -0.15) is 13.2 Å². The second-order valence-electron chi connectivity index (χ2n) is 11.1. The Morgan fingerprint density at radius 3 is 2.20 bits per heavy atom. The van der Waals surface area contributed by atoms with E-state index >= 15 is 0 Å². The first-order chi connectivity index (χ1) is 21.0. The molecule has 8 nitrogen and oxygen atoms in total. The van der Waals surface area contributed by atoms with Gasteiger partial charge in [0, 0.05) is 24.7 Å². The largest absolute Gasteiger partial charge is 0.455 e. The fourth-order valence-corrected chi connectivity index (χ4v) is 6.10. The van der Waals surface area contributed by atoms with Gasteiger partial charge < -0.3 is 14.9 Å². The lowest BCUT2D eigenvalue weighted by molar-refractivity contribution is -0.153. The predicted octanol–water partition coefficient (Wildman–Crippen LogP) is 4.67. The molecule has 2 N–H and O–H groups in total. The summed E-state index contributed by atoms with van der Waals surface area (Å²) in [5, 5.41) is 0. The van der Waals surface area contributed by atoms with Crippen LogP contribution >= 0.6 is 0 Å². The van der Waals surface area contributed by atoms with Crippen LogP contribution < -0.4 is 17.0 Å². The Kier molecular flexibility index (Phi) is 7.80. The molecule has 0 radical (unpaired) electrons. The number of furan rings is 1. The number of likely N-dealkylation sites (tertiary alicyclic amines) is 1. The zero-order valence-corrected chi connectivity index (χ0v) is 23.4. The molecule has 4 aromatic rings. The Bertz CT molecular complexity index is 1770. The van der Waals surface area contributed by atoms with E-state index in [0.717, 1.165) is 22.8 Å².